The number of rotatable bonds is 4. The minimum absolute atomic E-state index is 0.168. The van der Waals surface area contributed by atoms with Gasteiger partial charge in [-0.1, -0.05) is 30.3 Å². The maximum Gasteiger partial charge on any atom is 0.252 e. The molecule has 5 heteroatoms. The molecule has 0 aliphatic heterocycles. The first kappa shape index (κ1) is 17.4. The van der Waals surface area contributed by atoms with Gasteiger partial charge in [-0.15, -0.1) is 0 Å². The SMILES string of the molecule is N#Cc1ccc(CNC(=O)c2cc(-c3ccncc3)nc3ccccc23)cc1. The number of amides is 1. The molecule has 0 fully saturated rings. The zero-order valence-electron chi connectivity index (χ0n) is 15.0. The highest BCUT2D eigenvalue weighted by atomic mass is 16.1. The van der Waals surface area contributed by atoms with Crippen LogP contribution in [0.25, 0.3) is 22.2 Å². The van der Waals surface area contributed by atoms with Crippen molar-refractivity contribution in [3.63, 3.8) is 0 Å². The van der Waals surface area contributed by atoms with Gasteiger partial charge in [-0.2, -0.15) is 5.26 Å². The largest absolute Gasteiger partial charge is 0.348 e. The average molecular weight is 364 g/mol. The Labute approximate surface area is 162 Å². The number of carbonyl (C=O) groups is 1. The molecule has 0 spiro atoms. The molecule has 4 rings (SSSR count). The molecule has 0 radical (unpaired) electrons. The van der Waals surface area contributed by atoms with Gasteiger partial charge < -0.3 is 5.32 Å². The second kappa shape index (κ2) is 7.68. The number of hydrogen-bond donors (Lipinski definition) is 1. The molecule has 28 heavy (non-hydrogen) atoms. The second-order valence-electron chi connectivity index (χ2n) is 6.30. The number of nitrogens with one attached hydrogen (secondary N) is 1. The number of nitriles is 1. The van der Waals surface area contributed by atoms with Crippen molar-refractivity contribution in [1.82, 2.24) is 15.3 Å². The number of carbonyl (C=O) groups excluding carboxylic acids is 1. The molecule has 0 unspecified atom stereocenters. The topological polar surface area (TPSA) is 78.7 Å². The maximum atomic E-state index is 12.9. The van der Waals surface area contributed by atoms with E-state index < -0.39 is 0 Å². The lowest BCUT2D eigenvalue weighted by atomic mass is 10.0. The molecule has 5 nitrogen and oxygen atoms in total. The Bertz CT molecular complexity index is 1180. The van der Waals surface area contributed by atoms with Crippen LogP contribution >= 0.6 is 0 Å². The van der Waals surface area contributed by atoms with Crippen LogP contribution in [0.1, 0.15) is 21.5 Å². The van der Waals surface area contributed by atoms with Gasteiger partial charge in [-0.25, -0.2) is 4.98 Å². The first-order chi connectivity index (χ1) is 13.7. The predicted molar refractivity (Wildman–Crippen MR) is 107 cm³/mol. The fraction of sp³-hybridized carbons (Fsp3) is 0.0435. The van der Waals surface area contributed by atoms with Gasteiger partial charge in [0.05, 0.1) is 28.4 Å². The van der Waals surface area contributed by atoms with Crippen LogP contribution in [0.3, 0.4) is 0 Å². The molecule has 0 saturated heterocycles. The second-order valence-corrected chi connectivity index (χ2v) is 6.30. The minimum atomic E-state index is -0.168. The van der Waals surface area contributed by atoms with Crippen LogP contribution < -0.4 is 5.32 Å². The van der Waals surface area contributed by atoms with Crippen molar-refractivity contribution in [2.45, 2.75) is 6.54 Å². The van der Waals surface area contributed by atoms with Gasteiger partial charge in [-0.3, -0.25) is 9.78 Å². The van der Waals surface area contributed by atoms with Crippen LogP contribution in [0.5, 0.6) is 0 Å². The van der Waals surface area contributed by atoms with Gasteiger partial charge in [0.15, 0.2) is 0 Å². The zero-order chi connectivity index (χ0) is 19.3. The van der Waals surface area contributed by atoms with E-state index in [1.807, 2.05) is 54.6 Å². The van der Waals surface area contributed by atoms with E-state index in [4.69, 9.17) is 5.26 Å². The highest BCUT2D eigenvalue weighted by molar-refractivity contribution is 6.07. The number of para-hydroxylation sites is 1. The number of fused-ring (bicyclic) bond motifs is 1. The molecule has 0 aliphatic carbocycles. The number of pyridine rings is 2. The van der Waals surface area contributed by atoms with Crippen LogP contribution in [0.15, 0.2) is 79.1 Å². The highest BCUT2D eigenvalue weighted by Gasteiger charge is 2.13. The third-order valence-electron chi connectivity index (χ3n) is 4.47. The van der Waals surface area contributed by atoms with Gasteiger partial charge in [0.25, 0.3) is 5.91 Å². The van der Waals surface area contributed by atoms with Gasteiger partial charge in [-0.05, 0) is 42.0 Å². The lowest BCUT2D eigenvalue weighted by molar-refractivity contribution is 0.0952. The fourth-order valence-electron chi connectivity index (χ4n) is 3.01. The Kier molecular flexibility index (Phi) is 4.77. The van der Waals surface area contributed by atoms with Crippen LogP contribution in [0.4, 0.5) is 0 Å². The van der Waals surface area contributed by atoms with Crippen molar-refractivity contribution in [2.75, 3.05) is 0 Å². The van der Waals surface area contributed by atoms with Crippen molar-refractivity contribution in [3.05, 3.63) is 95.8 Å². The summed E-state index contributed by atoms with van der Waals surface area (Å²) in [6.45, 7) is 0.381. The standard InChI is InChI=1S/C23H16N4O/c24-14-16-5-7-17(8-6-16)15-26-23(28)20-13-22(18-9-11-25-12-10-18)27-21-4-2-1-3-19(20)21/h1-13H,15H2,(H,26,28). The summed E-state index contributed by atoms with van der Waals surface area (Å²) in [6, 6.07) is 22.4. The quantitative estimate of drug-likeness (QED) is 0.591. The lowest BCUT2D eigenvalue weighted by Gasteiger charge is -2.11. The van der Waals surface area contributed by atoms with E-state index in [9.17, 15) is 4.79 Å². The van der Waals surface area contributed by atoms with Gasteiger partial charge >= 0.3 is 0 Å². The van der Waals surface area contributed by atoms with E-state index in [1.165, 1.54) is 0 Å². The smallest absolute Gasteiger partial charge is 0.252 e. The fourth-order valence-corrected chi connectivity index (χ4v) is 3.01. The number of benzene rings is 2. The van der Waals surface area contributed by atoms with Crippen LogP contribution in [-0.2, 0) is 6.54 Å². The molecule has 2 heterocycles. The summed E-state index contributed by atoms with van der Waals surface area (Å²) in [6.07, 6.45) is 3.41. The van der Waals surface area contributed by atoms with Gasteiger partial charge in [0.2, 0.25) is 0 Å². The normalized spacial score (nSPS) is 10.4. The van der Waals surface area contributed by atoms with Crippen molar-refractivity contribution in [3.8, 4) is 17.3 Å². The van der Waals surface area contributed by atoms with Crippen molar-refractivity contribution in [2.24, 2.45) is 0 Å². The maximum absolute atomic E-state index is 12.9. The Morgan fingerprint density at radius 1 is 1.00 bits per heavy atom. The Balaban J connectivity index is 1.66. The Morgan fingerprint density at radius 3 is 2.50 bits per heavy atom. The molecule has 2 aromatic carbocycles. The van der Waals surface area contributed by atoms with Crippen LogP contribution in [-0.4, -0.2) is 15.9 Å². The molecule has 0 atom stereocenters. The van der Waals surface area contributed by atoms with E-state index in [0.29, 0.717) is 17.7 Å². The molecule has 0 aliphatic rings. The zero-order valence-corrected chi connectivity index (χ0v) is 15.0. The summed E-state index contributed by atoms with van der Waals surface area (Å²) in [4.78, 5) is 21.7. The summed E-state index contributed by atoms with van der Waals surface area (Å²) >= 11 is 0. The summed E-state index contributed by atoms with van der Waals surface area (Å²) in [7, 11) is 0. The molecular weight excluding hydrogens is 348 g/mol. The van der Waals surface area contributed by atoms with Crippen molar-refractivity contribution < 1.29 is 4.79 Å². The number of aromatic nitrogens is 2. The van der Waals surface area contributed by atoms with Crippen LogP contribution in [0, 0.1) is 11.3 Å². The third-order valence-corrected chi connectivity index (χ3v) is 4.47. The van der Waals surface area contributed by atoms with Gasteiger partial charge in [0.1, 0.15) is 0 Å². The summed E-state index contributed by atoms with van der Waals surface area (Å²) in [5.41, 5.74) is 4.50. The molecule has 0 saturated carbocycles. The van der Waals surface area contributed by atoms with E-state index in [2.05, 4.69) is 21.4 Å². The molecule has 2 aromatic heterocycles. The Hall–Kier alpha value is -4.04. The van der Waals surface area contributed by atoms with Crippen LogP contribution in [0.2, 0.25) is 0 Å². The van der Waals surface area contributed by atoms with E-state index in [1.54, 1.807) is 24.5 Å². The number of hydrogen-bond acceptors (Lipinski definition) is 4. The predicted octanol–water partition coefficient (Wildman–Crippen LogP) is 4.10. The molecule has 1 N–H and O–H groups in total. The van der Waals surface area contributed by atoms with Crippen molar-refractivity contribution in [1.29, 1.82) is 5.26 Å². The molecule has 134 valence electrons. The average Bonchev–Trinajstić information content (AvgIpc) is 2.77. The third kappa shape index (κ3) is 3.57. The monoisotopic (exact) mass is 364 g/mol. The summed E-state index contributed by atoms with van der Waals surface area (Å²) < 4.78 is 0. The highest BCUT2D eigenvalue weighted by Crippen LogP contribution is 2.24. The summed E-state index contributed by atoms with van der Waals surface area (Å²) in [5.74, 6) is -0.168. The van der Waals surface area contributed by atoms with E-state index in [-0.39, 0.29) is 5.91 Å². The molecule has 0 bridgehead atoms. The van der Waals surface area contributed by atoms with Crippen molar-refractivity contribution >= 4 is 16.8 Å². The van der Waals surface area contributed by atoms with E-state index >= 15 is 0 Å². The summed E-state index contributed by atoms with van der Waals surface area (Å²) in [5, 5.41) is 12.7. The van der Waals surface area contributed by atoms with E-state index in [0.717, 1.165) is 27.7 Å². The first-order valence-electron chi connectivity index (χ1n) is 8.82. The number of nitrogens with zero attached hydrogens (tertiary/aromatic N) is 3. The van der Waals surface area contributed by atoms with Gasteiger partial charge in [0, 0.05) is 29.9 Å². The first-order valence-corrected chi connectivity index (χ1v) is 8.82. The Morgan fingerprint density at radius 2 is 1.75 bits per heavy atom. The molecule has 4 aromatic rings. The molecule has 1 amide bonds. The molecular formula is C23H16N4O. The lowest BCUT2D eigenvalue weighted by Crippen LogP contribution is -2.23. The minimum Gasteiger partial charge on any atom is -0.348 e.